The average Bonchev–Trinajstić information content (AvgIpc) is 3.31. The summed E-state index contributed by atoms with van der Waals surface area (Å²) in [5.74, 6) is 2.39. The van der Waals surface area contributed by atoms with Crippen molar-refractivity contribution in [2.45, 2.75) is 19.4 Å². The van der Waals surface area contributed by atoms with E-state index < -0.39 is 0 Å². The Hall–Kier alpha value is -3.10. The fraction of sp³-hybridized carbons (Fsp3) is 0.375. The SMILES string of the molecule is COc1ccc(-c2noc(CN3CCC(C(=O)N(C)c4cccc(Cl)c4)CC3)n2)cc1OC. The zero-order valence-corrected chi connectivity index (χ0v) is 19.7. The van der Waals surface area contributed by atoms with Crippen LogP contribution in [0.5, 0.6) is 11.5 Å². The van der Waals surface area contributed by atoms with Crippen molar-refractivity contribution in [2.24, 2.45) is 5.92 Å². The van der Waals surface area contributed by atoms with Gasteiger partial charge in [0.25, 0.3) is 0 Å². The molecular formula is C24H27ClN4O4. The molecular weight excluding hydrogens is 444 g/mol. The molecule has 9 heteroatoms. The van der Waals surface area contributed by atoms with E-state index in [0.717, 1.165) is 37.2 Å². The third-order valence-electron chi connectivity index (χ3n) is 5.93. The highest BCUT2D eigenvalue weighted by Gasteiger charge is 2.28. The lowest BCUT2D eigenvalue weighted by Crippen LogP contribution is -2.41. The molecule has 8 nitrogen and oxygen atoms in total. The lowest BCUT2D eigenvalue weighted by atomic mass is 9.95. The molecule has 0 bridgehead atoms. The van der Waals surface area contributed by atoms with Crippen molar-refractivity contribution in [2.75, 3.05) is 39.3 Å². The first kappa shape index (κ1) is 23.1. The maximum Gasteiger partial charge on any atom is 0.241 e. The Bertz CT molecular complexity index is 1110. The van der Waals surface area contributed by atoms with Gasteiger partial charge < -0.3 is 18.9 Å². The Morgan fingerprint density at radius 3 is 2.61 bits per heavy atom. The Kier molecular flexibility index (Phi) is 7.15. The molecule has 174 valence electrons. The van der Waals surface area contributed by atoms with Crippen LogP contribution in [0.3, 0.4) is 0 Å². The van der Waals surface area contributed by atoms with Crippen LogP contribution in [0.4, 0.5) is 5.69 Å². The Morgan fingerprint density at radius 2 is 1.91 bits per heavy atom. The Labute approximate surface area is 198 Å². The van der Waals surface area contributed by atoms with Crippen LogP contribution in [-0.2, 0) is 11.3 Å². The minimum atomic E-state index is -0.0183. The number of hydrogen-bond acceptors (Lipinski definition) is 7. The third-order valence-corrected chi connectivity index (χ3v) is 6.17. The van der Waals surface area contributed by atoms with Gasteiger partial charge in [0.2, 0.25) is 17.6 Å². The highest BCUT2D eigenvalue weighted by atomic mass is 35.5. The number of amides is 1. The number of carbonyl (C=O) groups excluding carboxylic acids is 1. The van der Waals surface area contributed by atoms with E-state index in [-0.39, 0.29) is 11.8 Å². The predicted octanol–water partition coefficient (Wildman–Crippen LogP) is 4.28. The zero-order valence-electron chi connectivity index (χ0n) is 19.0. The summed E-state index contributed by atoms with van der Waals surface area (Å²) in [4.78, 5) is 21.4. The summed E-state index contributed by atoms with van der Waals surface area (Å²) in [5, 5.41) is 4.73. The largest absolute Gasteiger partial charge is 0.493 e. The lowest BCUT2D eigenvalue weighted by molar-refractivity contribution is -0.123. The molecule has 1 aromatic heterocycles. The van der Waals surface area contributed by atoms with Crippen LogP contribution in [-0.4, -0.2) is 55.3 Å². The number of likely N-dealkylation sites (tertiary alicyclic amines) is 1. The number of piperidine rings is 1. The van der Waals surface area contributed by atoms with E-state index in [1.807, 2.05) is 30.3 Å². The molecule has 0 unspecified atom stereocenters. The number of benzene rings is 2. The van der Waals surface area contributed by atoms with Gasteiger partial charge in [-0.2, -0.15) is 4.98 Å². The molecule has 0 radical (unpaired) electrons. The normalized spacial score (nSPS) is 14.8. The number of ether oxygens (including phenoxy) is 2. The average molecular weight is 471 g/mol. The molecule has 1 amide bonds. The van der Waals surface area contributed by atoms with Crippen LogP contribution in [0.15, 0.2) is 47.0 Å². The maximum absolute atomic E-state index is 12.9. The summed E-state index contributed by atoms with van der Waals surface area (Å²) in [6, 6.07) is 12.8. The van der Waals surface area contributed by atoms with Crippen LogP contribution in [0.1, 0.15) is 18.7 Å². The highest BCUT2D eigenvalue weighted by molar-refractivity contribution is 6.30. The Morgan fingerprint density at radius 1 is 1.15 bits per heavy atom. The molecule has 0 saturated carbocycles. The molecule has 33 heavy (non-hydrogen) atoms. The van der Waals surface area contributed by atoms with E-state index >= 15 is 0 Å². The van der Waals surface area contributed by atoms with E-state index in [0.29, 0.717) is 34.8 Å². The molecule has 1 fully saturated rings. The second-order valence-corrected chi connectivity index (χ2v) is 8.45. The number of nitrogens with zero attached hydrogens (tertiary/aromatic N) is 4. The third kappa shape index (κ3) is 5.29. The van der Waals surface area contributed by atoms with Crippen LogP contribution < -0.4 is 14.4 Å². The molecule has 1 saturated heterocycles. The van der Waals surface area contributed by atoms with Crippen LogP contribution in [0.2, 0.25) is 5.02 Å². The molecule has 4 rings (SSSR count). The molecule has 0 atom stereocenters. The van der Waals surface area contributed by atoms with Crippen LogP contribution in [0, 0.1) is 5.92 Å². The summed E-state index contributed by atoms with van der Waals surface area (Å²) in [6.07, 6.45) is 1.56. The van der Waals surface area contributed by atoms with Gasteiger partial charge in [-0.25, -0.2) is 0 Å². The van der Waals surface area contributed by atoms with Crippen molar-refractivity contribution in [1.82, 2.24) is 15.0 Å². The van der Waals surface area contributed by atoms with Crippen molar-refractivity contribution in [3.63, 3.8) is 0 Å². The smallest absolute Gasteiger partial charge is 0.241 e. The second kappa shape index (κ2) is 10.2. The second-order valence-electron chi connectivity index (χ2n) is 8.01. The van der Waals surface area contributed by atoms with Gasteiger partial charge in [0, 0.05) is 29.2 Å². The first-order valence-electron chi connectivity index (χ1n) is 10.8. The summed E-state index contributed by atoms with van der Waals surface area (Å²) in [6.45, 7) is 2.12. The molecule has 0 spiro atoms. The highest BCUT2D eigenvalue weighted by Crippen LogP contribution is 2.31. The van der Waals surface area contributed by atoms with Gasteiger partial charge in [0.1, 0.15) is 0 Å². The lowest BCUT2D eigenvalue weighted by Gasteiger charge is -2.32. The minimum Gasteiger partial charge on any atom is -0.493 e. The summed E-state index contributed by atoms with van der Waals surface area (Å²) in [7, 11) is 4.98. The maximum atomic E-state index is 12.9. The topological polar surface area (TPSA) is 80.9 Å². The van der Waals surface area contributed by atoms with Gasteiger partial charge in [-0.15, -0.1) is 0 Å². The monoisotopic (exact) mass is 470 g/mol. The van der Waals surface area contributed by atoms with E-state index in [2.05, 4.69) is 15.0 Å². The molecule has 1 aliphatic heterocycles. The van der Waals surface area contributed by atoms with Crippen molar-refractivity contribution >= 4 is 23.2 Å². The number of anilines is 1. The van der Waals surface area contributed by atoms with Gasteiger partial charge >= 0.3 is 0 Å². The number of halogens is 1. The molecule has 2 heterocycles. The fourth-order valence-electron chi connectivity index (χ4n) is 4.03. The number of carbonyl (C=O) groups is 1. The summed E-state index contributed by atoms with van der Waals surface area (Å²) < 4.78 is 16.1. The van der Waals surface area contributed by atoms with Gasteiger partial charge in [-0.1, -0.05) is 22.8 Å². The van der Waals surface area contributed by atoms with E-state index in [9.17, 15) is 4.79 Å². The number of methoxy groups -OCH3 is 2. The Balaban J connectivity index is 1.33. The predicted molar refractivity (Wildman–Crippen MR) is 126 cm³/mol. The van der Waals surface area contributed by atoms with Crippen molar-refractivity contribution in [3.05, 3.63) is 53.4 Å². The van der Waals surface area contributed by atoms with Crippen molar-refractivity contribution < 1.29 is 18.8 Å². The quantitative estimate of drug-likeness (QED) is 0.509. The fourth-order valence-corrected chi connectivity index (χ4v) is 4.21. The van der Waals surface area contributed by atoms with Gasteiger partial charge in [0.05, 0.1) is 20.8 Å². The van der Waals surface area contributed by atoms with Gasteiger partial charge in [-0.05, 0) is 62.3 Å². The summed E-state index contributed by atoms with van der Waals surface area (Å²) >= 11 is 6.07. The van der Waals surface area contributed by atoms with Crippen molar-refractivity contribution in [3.8, 4) is 22.9 Å². The molecule has 1 aliphatic rings. The molecule has 3 aromatic rings. The number of aromatic nitrogens is 2. The van der Waals surface area contributed by atoms with E-state index in [1.165, 1.54) is 0 Å². The minimum absolute atomic E-state index is 0.0183. The van der Waals surface area contributed by atoms with Crippen LogP contribution in [0.25, 0.3) is 11.4 Å². The van der Waals surface area contributed by atoms with Crippen LogP contribution >= 0.6 is 11.6 Å². The molecule has 2 aromatic carbocycles. The molecule has 0 N–H and O–H groups in total. The number of hydrogen-bond donors (Lipinski definition) is 0. The summed E-state index contributed by atoms with van der Waals surface area (Å²) in [5.41, 5.74) is 1.60. The zero-order chi connectivity index (χ0) is 23.4. The first-order valence-corrected chi connectivity index (χ1v) is 11.2. The number of rotatable bonds is 7. The standard InChI is InChI=1S/C24H27ClN4O4/c1-28(19-6-4-5-18(25)14-19)24(30)16-9-11-29(12-10-16)15-22-26-23(27-33-22)17-7-8-20(31-2)21(13-17)32-3/h4-8,13-14,16H,9-12,15H2,1-3H3. The molecule has 0 aliphatic carbocycles. The van der Waals surface area contributed by atoms with Gasteiger partial charge in [-0.3, -0.25) is 9.69 Å². The first-order chi connectivity index (χ1) is 16.0. The van der Waals surface area contributed by atoms with Crippen molar-refractivity contribution in [1.29, 1.82) is 0 Å². The van der Waals surface area contributed by atoms with E-state index in [4.69, 9.17) is 25.6 Å². The van der Waals surface area contributed by atoms with E-state index in [1.54, 1.807) is 38.3 Å². The van der Waals surface area contributed by atoms with Gasteiger partial charge in [0.15, 0.2) is 11.5 Å².